The van der Waals surface area contributed by atoms with Crippen molar-refractivity contribution in [1.29, 1.82) is 5.26 Å². The summed E-state index contributed by atoms with van der Waals surface area (Å²) >= 11 is 0. The van der Waals surface area contributed by atoms with E-state index in [0.717, 1.165) is 28.9 Å². The van der Waals surface area contributed by atoms with Gasteiger partial charge >= 0.3 is 18.4 Å². The van der Waals surface area contributed by atoms with Crippen LogP contribution >= 0.6 is 0 Å². The van der Waals surface area contributed by atoms with Crippen LogP contribution in [0.1, 0.15) is 90.0 Å². The molecule has 5 rings (SSSR count). The van der Waals surface area contributed by atoms with E-state index in [-0.39, 0.29) is 0 Å². The van der Waals surface area contributed by atoms with Gasteiger partial charge in [0, 0.05) is 73.5 Å². The molecule has 0 spiro atoms. The lowest BCUT2D eigenvalue weighted by Crippen LogP contribution is -2.29. The Morgan fingerprint density at radius 1 is 0.732 bits per heavy atom. The number of hydrogen-bond acceptors (Lipinski definition) is 12. The van der Waals surface area contributed by atoms with Gasteiger partial charge in [0.15, 0.2) is 0 Å². The number of aldehydes is 2. The Morgan fingerprint density at radius 2 is 1.21 bits per heavy atom. The normalized spacial score (nSPS) is 10.5. The molecule has 0 aliphatic rings. The van der Waals surface area contributed by atoms with E-state index in [2.05, 4.69) is 14.7 Å². The van der Waals surface area contributed by atoms with E-state index in [4.69, 9.17) is 19.5 Å². The van der Waals surface area contributed by atoms with Gasteiger partial charge in [0.1, 0.15) is 29.4 Å². The van der Waals surface area contributed by atoms with Crippen molar-refractivity contribution in [3.05, 3.63) is 96.6 Å². The molecule has 2 aromatic carbocycles. The minimum absolute atomic E-state index is 0.444. The van der Waals surface area contributed by atoms with Crippen LogP contribution in [-0.2, 0) is 18.9 Å². The summed E-state index contributed by atoms with van der Waals surface area (Å²) in [5.41, 5.74) is 2.17. The molecule has 0 saturated heterocycles. The quantitative estimate of drug-likeness (QED) is 0.0794. The lowest BCUT2D eigenvalue weighted by atomic mass is 10.2. The van der Waals surface area contributed by atoms with Crippen molar-refractivity contribution in [3.8, 4) is 6.07 Å². The van der Waals surface area contributed by atoms with Crippen molar-refractivity contribution < 1.29 is 42.9 Å². The number of carbonyl (C=O) groups excluding carboxylic acids is 5. The highest BCUT2D eigenvalue weighted by atomic mass is 16.8. The van der Waals surface area contributed by atoms with E-state index in [1.54, 1.807) is 84.4 Å². The zero-order chi connectivity index (χ0) is 42.7. The van der Waals surface area contributed by atoms with Gasteiger partial charge in [-0.1, -0.05) is 24.3 Å². The third-order valence-corrected chi connectivity index (χ3v) is 6.28. The lowest BCUT2D eigenvalue weighted by Gasteiger charge is -2.20. The van der Waals surface area contributed by atoms with Crippen LogP contribution in [0, 0.1) is 11.3 Å². The van der Waals surface area contributed by atoms with Crippen LogP contribution in [-0.4, -0.2) is 76.4 Å². The third kappa shape index (κ3) is 19.0. The first kappa shape index (κ1) is 47.5. The third-order valence-electron chi connectivity index (χ3n) is 6.28. The average Bonchev–Trinajstić information content (AvgIpc) is 3.74. The Hall–Kier alpha value is -6.49. The Morgan fingerprint density at radius 3 is 1.66 bits per heavy atom. The van der Waals surface area contributed by atoms with Crippen molar-refractivity contribution in [2.45, 2.75) is 86.0 Å². The average molecular weight is 772 g/mol. The molecule has 1 N–H and O–H groups in total. The molecular weight excluding hydrogens is 718 g/mol. The van der Waals surface area contributed by atoms with Gasteiger partial charge in [0.05, 0.1) is 11.6 Å². The molecule has 0 fully saturated rings. The van der Waals surface area contributed by atoms with Crippen LogP contribution in [0.3, 0.4) is 0 Å². The van der Waals surface area contributed by atoms with Crippen LogP contribution in [0.2, 0.25) is 0 Å². The summed E-state index contributed by atoms with van der Waals surface area (Å²) in [6, 6.07) is 20.2. The number of nitrogens with one attached hydrogen (secondary N) is 1. The molecule has 300 valence electrons. The van der Waals surface area contributed by atoms with Crippen molar-refractivity contribution in [2.75, 3.05) is 19.0 Å². The van der Waals surface area contributed by atoms with Crippen LogP contribution in [0.4, 0.5) is 20.1 Å². The Labute approximate surface area is 328 Å². The first-order chi connectivity index (χ1) is 26.0. The Balaban J connectivity index is 0.000000374. The molecule has 3 heterocycles. The number of aromatic amines is 1. The minimum atomic E-state index is -1.06. The molecule has 0 saturated carbocycles. The summed E-state index contributed by atoms with van der Waals surface area (Å²) < 4.78 is 20.5. The number of carbonyl (C=O) groups is 5. The fourth-order valence-corrected chi connectivity index (χ4v) is 4.08. The van der Waals surface area contributed by atoms with Crippen molar-refractivity contribution in [3.63, 3.8) is 0 Å². The van der Waals surface area contributed by atoms with Gasteiger partial charge < -0.3 is 28.8 Å². The predicted molar refractivity (Wildman–Crippen MR) is 216 cm³/mol. The van der Waals surface area contributed by atoms with Gasteiger partial charge in [-0.3, -0.25) is 19.1 Å². The number of anilines is 1. The highest BCUT2D eigenvalue weighted by Crippen LogP contribution is 2.19. The number of H-pyrrole nitrogens is 1. The highest BCUT2D eigenvalue weighted by molar-refractivity contribution is 5.93. The largest absolute Gasteiger partial charge is 0.519 e. The second-order valence-electron chi connectivity index (χ2n) is 14.9. The van der Waals surface area contributed by atoms with E-state index < -0.39 is 35.2 Å². The first-order valence-electron chi connectivity index (χ1n) is 17.4. The summed E-state index contributed by atoms with van der Waals surface area (Å²) in [7, 11) is 4.02. The molecule has 0 aliphatic carbocycles. The zero-order valence-corrected chi connectivity index (χ0v) is 34.2. The monoisotopic (exact) mass is 771 g/mol. The highest BCUT2D eigenvalue weighted by Gasteiger charge is 2.24. The van der Waals surface area contributed by atoms with Crippen LogP contribution in [0.5, 0.6) is 0 Å². The molecule has 0 amide bonds. The maximum atomic E-state index is 12.0. The minimum Gasteiger partial charge on any atom is -0.443 e. The molecule has 14 heteroatoms. The number of rotatable bonds is 3. The summed E-state index contributed by atoms with van der Waals surface area (Å²) in [6.45, 7) is 16.9. The Kier molecular flexibility index (Phi) is 18.7. The summed E-state index contributed by atoms with van der Waals surface area (Å²) in [5.74, 6) is 0. The number of nitriles is 1. The molecule has 0 atom stereocenters. The maximum Gasteiger partial charge on any atom is 0.519 e. The zero-order valence-electron chi connectivity index (χ0n) is 34.2. The Bertz CT molecular complexity index is 2030. The standard InChI is InChI=1S/C14H15NO3.C10H18O5.C9H7NO.C7H10N2.C2H3N/c1-14(2,3)18-13(17)15-7-6-11-5-4-10(9-16)8-12(11)15;1-9(2,3)14-7(11)13-8(12)15-10(4,5)6;11-6-7-1-2-8-3-4-10-9(8)5-7;1-9(2)7-3-5-8-6-4-7;1-2-3/h4-9H,1-3H3;1-6H3;1-6,10H;3-6H,1-2H3;1H3. The smallest absolute Gasteiger partial charge is 0.443 e. The van der Waals surface area contributed by atoms with E-state index in [1.807, 2.05) is 88.4 Å². The van der Waals surface area contributed by atoms with Crippen LogP contribution < -0.4 is 4.90 Å². The van der Waals surface area contributed by atoms with E-state index in [9.17, 15) is 24.0 Å². The van der Waals surface area contributed by atoms with Gasteiger partial charge in [0.25, 0.3) is 0 Å². The molecule has 3 aromatic heterocycles. The van der Waals surface area contributed by atoms with Gasteiger partial charge in [0.2, 0.25) is 0 Å². The van der Waals surface area contributed by atoms with Crippen molar-refractivity contribution >= 4 is 58.5 Å². The van der Waals surface area contributed by atoms with Crippen molar-refractivity contribution in [1.82, 2.24) is 14.5 Å². The summed E-state index contributed by atoms with van der Waals surface area (Å²) in [5, 5.41) is 9.35. The molecule has 0 unspecified atom stereocenters. The first-order valence-corrected chi connectivity index (χ1v) is 17.4. The molecule has 5 aromatic rings. The SMILES string of the molecule is CC#N.CC(C)(C)OC(=O)OC(=O)OC(C)(C)C.CC(C)(C)OC(=O)n1ccc2ccc(C=O)cc21.CN(C)c1ccncc1.O=Cc1ccc2cc[nH]c2c1. The van der Waals surface area contributed by atoms with Gasteiger partial charge in [-0.15, -0.1) is 0 Å². The van der Waals surface area contributed by atoms with Gasteiger partial charge in [-0.2, -0.15) is 5.26 Å². The molecular formula is C42H53N5O9. The number of pyridine rings is 1. The fraction of sp³-hybridized carbons (Fsp3) is 0.357. The second-order valence-corrected chi connectivity index (χ2v) is 14.9. The maximum absolute atomic E-state index is 12.0. The van der Waals surface area contributed by atoms with E-state index in [0.29, 0.717) is 16.6 Å². The van der Waals surface area contributed by atoms with Crippen LogP contribution in [0.25, 0.3) is 21.8 Å². The molecule has 0 aliphatic heterocycles. The van der Waals surface area contributed by atoms with Crippen LogP contribution in [0.15, 0.2) is 85.5 Å². The lowest BCUT2D eigenvalue weighted by molar-refractivity contribution is -0.0294. The number of ether oxygens (including phenoxy) is 4. The molecule has 0 radical (unpaired) electrons. The second kappa shape index (κ2) is 22.0. The molecule has 0 bridgehead atoms. The van der Waals surface area contributed by atoms with Gasteiger partial charge in [-0.25, -0.2) is 14.4 Å². The summed E-state index contributed by atoms with van der Waals surface area (Å²) in [6.07, 6.45) is 6.12. The van der Waals surface area contributed by atoms with Crippen molar-refractivity contribution in [2.24, 2.45) is 0 Å². The molecule has 14 nitrogen and oxygen atoms in total. The number of benzene rings is 2. The fourth-order valence-electron chi connectivity index (χ4n) is 4.08. The number of nitrogens with zero attached hydrogens (tertiary/aromatic N) is 4. The summed E-state index contributed by atoms with van der Waals surface area (Å²) in [4.78, 5) is 64.1. The topological polar surface area (TPSA) is 183 Å². The van der Waals surface area contributed by atoms with Gasteiger partial charge in [-0.05, 0) is 104 Å². The number of fused-ring (bicyclic) bond motifs is 2. The van der Waals surface area contributed by atoms with E-state index in [1.165, 1.54) is 17.2 Å². The number of aromatic nitrogens is 3. The number of hydrogen-bond donors (Lipinski definition) is 1. The molecule has 56 heavy (non-hydrogen) atoms. The van der Waals surface area contributed by atoms with E-state index >= 15 is 0 Å². The predicted octanol–water partition coefficient (Wildman–Crippen LogP) is 9.77.